The molecule has 94 valence electrons. The molecule has 0 radical (unpaired) electrons. The van der Waals surface area contributed by atoms with Crippen molar-refractivity contribution in [2.45, 2.75) is 18.8 Å². The van der Waals surface area contributed by atoms with E-state index in [-0.39, 0.29) is 0 Å². The summed E-state index contributed by atoms with van der Waals surface area (Å²) in [5.41, 5.74) is 8.09. The summed E-state index contributed by atoms with van der Waals surface area (Å²) < 4.78 is 1.91. The van der Waals surface area contributed by atoms with Crippen molar-refractivity contribution in [3.8, 4) is 5.69 Å². The fraction of sp³-hybridized carbons (Fsp3) is 0.200. The normalized spacial score (nSPS) is 14.9. The lowest BCUT2D eigenvalue weighted by molar-refractivity contribution is 0.768. The van der Waals surface area contributed by atoms with Gasteiger partial charge in [0.15, 0.2) is 5.82 Å². The van der Waals surface area contributed by atoms with E-state index in [1.807, 2.05) is 22.9 Å². The molecule has 0 atom stereocenters. The van der Waals surface area contributed by atoms with Gasteiger partial charge in [-0.05, 0) is 24.3 Å². The smallest absolute Gasteiger partial charge is 0.169 e. The molecule has 3 aromatic rings. The molecule has 0 unspecified atom stereocenters. The summed E-state index contributed by atoms with van der Waals surface area (Å²) in [5, 5.41) is 10.7. The van der Waals surface area contributed by atoms with Crippen LogP contribution >= 0.6 is 0 Å². The summed E-state index contributed by atoms with van der Waals surface area (Å²) in [6, 6.07) is 14.5. The summed E-state index contributed by atoms with van der Waals surface area (Å²) in [7, 11) is 0. The molecule has 4 rings (SSSR count). The number of rotatable bonds is 2. The van der Waals surface area contributed by atoms with Gasteiger partial charge in [0.1, 0.15) is 0 Å². The highest BCUT2D eigenvalue weighted by Crippen LogP contribution is 2.43. The Hall–Kier alpha value is -2.36. The minimum Gasteiger partial charge on any atom is -0.381 e. The molecule has 4 heteroatoms. The van der Waals surface area contributed by atoms with E-state index in [9.17, 15) is 0 Å². The number of hydrogen-bond donors (Lipinski definition) is 1. The van der Waals surface area contributed by atoms with E-state index in [4.69, 9.17) is 5.73 Å². The first kappa shape index (κ1) is 10.6. The summed E-state index contributed by atoms with van der Waals surface area (Å²) >= 11 is 0. The third-order valence-electron chi connectivity index (χ3n) is 3.69. The number of fused-ring (bicyclic) bond motifs is 1. The number of aromatic nitrogens is 3. The van der Waals surface area contributed by atoms with Crippen molar-refractivity contribution in [3.63, 3.8) is 0 Å². The van der Waals surface area contributed by atoms with Crippen molar-refractivity contribution in [1.82, 2.24) is 15.0 Å². The van der Waals surface area contributed by atoms with Gasteiger partial charge in [0.2, 0.25) is 0 Å². The van der Waals surface area contributed by atoms with Crippen molar-refractivity contribution in [2.75, 3.05) is 5.73 Å². The Bertz CT molecular complexity index is 750. The molecule has 0 amide bonds. The van der Waals surface area contributed by atoms with Crippen molar-refractivity contribution < 1.29 is 0 Å². The predicted molar refractivity (Wildman–Crippen MR) is 75.3 cm³/mol. The van der Waals surface area contributed by atoms with Crippen LogP contribution < -0.4 is 5.73 Å². The zero-order chi connectivity index (χ0) is 12.8. The molecule has 0 aliphatic heterocycles. The van der Waals surface area contributed by atoms with Gasteiger partial charge in [0.05, 0.1) is 11.4 Å². The van der Waals surface area contributed by atoms with E-state index in [1.165, 1.54) is 23.6 Å². The molecule has 1 heterocycles. The molecule has 2 N–H and O–H groups in total. The molecule has 2 aromatic carbocycles. The number of benzene rings is 2. The molecular weight excluding hydrogens is 236 g/mol. The summed E-state index contributed by atoms with van der Waals surface area (Å²) in [4.78, 5) is 0. The van der Waals surface area contributed by atoms with E-state index in [2.05, 4.69) is 34.6 Å². The Labute approximate surface area is 110 Å². The summed E-state index contributed by atoms with van der Waals surface area (Å²) in [6.07, 6.45) is 2.37. The summed E-state index contributed by atoms with van der Waals surface area (Å²) in [6.45, 7) is 0. The Morgan fingerprint density at radius 3 is 2.68 bits per heavy atom. The van der Waals surface area contributed by atoms with Gasteiger partial charge >= 0.3 is 0 Å². The van der Waals surface area contributed by atoms with Gasteiger partial charge in [-0.15, -0.1) is 5.10 Å². The molecule has 4 nitrogen and oxygen atoms in total. The zero-order valence-corrected chi connectivity index (χ0v) is 10.5. The van der Waals surface area contributed by atoms with E-state index in [0.717, 1.165) is 11.4 Å². The predicted octanol–water partition coefficient (Wildman–Crippen LogP) is 2.88. The highest BCUT2D eigenvalue weighted by atomic mass is 15.4. The minimum absolute atomic E-state index is 0.522. The van der Waals surface area contributed by atoms with E-state index < -0.39 is 0 Å². The van der Waals surface area contributed by atoms with E-state index >= 15 is 0 Å². The van der Waals surface area contributed by atoms with Crippen LogP contribution in [0.4, 0.5) is 5.82 Å². The molecular formula is C15H14N4. The Balaban J connectivity index is 2.00. The molecule has 1 saturated carbocycles. The van der Waals surface area contributed by atoms with E-state index in [1.54, 1.807) is 0 Å². The molecule has 1 fully saturated rings. The van der Waals surface area contributed by atoms with Gasteiger partial charge in [-0.1, -0.05) is 41.6 Å². The Morgan fingerprint density at radius 2 is 1.84 bits per heavy atom. The van der Waals surface area contributed by atoms with Crippen LogP contribution in [0, 0.1) is 0 Å². The van der Waals surface area contributed by atoms with Crippen LogP contribution in [0.25, 0.3) is 16.5 Å². The van der Waals surface area contributed by atoms with Crippen LogP contribution in [0.3, 0.4) is 0 Å². The lowest BCUT2D eigenvalue weighted by atomic mass is 10.1. The van der Waals surface area contributed by atoms with Gasteiger partial charge in [-0.2, -0.15) is 0 Å². The number of nitrogens with two attached hydrogens (primary N) is 1. The first-order valence-corrected chi connectivity index (χ1v) is 6.54. The highest BCUT2D eigenvalue weighted by molar-refractivity contribution is 5.90. The average Bonchev–Trinajstić information content (AvgIpc) is 3.21. The average molecular weight is 250 g/mol. The van der Waals surface area contributed by atoms with Gasteiger partial charge in [-0.3, -0.25) is 0 Å². The highest BCUT2D eigenvalue weighted by Gasteiger charge is 2.31. The van der Waals surface area contributed by atoms with Gasteiger partial charge in [0.25, 0.3) is 0 Å². The third kappa shape index (κ3) is 1.60. The second-order valence-electron chi connectivity index (χ2n) is 5.04. The largest absolute Gasteiger partial charge is 0.381 e. The molecule has 1 aromatic heterocycles. The lowest BCUT2D eigenvalue weighted by Gasteiger charge is -2.09. The van der Waals surface area contributed by atoms with E-state index in [0.29, 0.717) is 11.7 Å². The minimum atomic E-state index is 0.522. The van der Waals surface area contributed by atoms with Crippen LogP contribution in [0.1, 0.15) is 24.5 Å². The van der Waals surface area contributed by atoms with Crippen LogP contribution in [0.5, 0.6) is 0 Å². The fourth-order valence-electron chi connectivity index (χ4n) is 2.61. The molecule has 1 aliphatic rings. The first-order chi connectivity index (χ1) is 9.34. The maximum absolute atomic E-state index is 5.97. The number of hydrogen-bond acceptors (Lipinski definition) is 3. The fourth-order valence-corrected chi connectivity index (χ4v) is 2.61. The quantitative estimate of drug-likeness (QED) is 0.760. The molecule has 1 aliphatic carbocycles. The SMILES string of the molecule is Nc1nnn(-c2cccc3ccccc23)c1C1CC1. The van der Waals surface area contributed by atoms with Crippen LogP contribution in [-0.2, 0) is 0 Å². The standard InChI is InChI=1S/C15H14N4/c16-15-14(11-8-9-11)19(18-17-15)13-7-3-5-10-4-1-2-6-12(10)13/h1-7,11H,8-9,16H2. The number of nitrogens with zero attached hydrogens (tertiary/aromatic N) is 3. The zero-order valence-electron chi connectivity index (χ0n) is 10.5. The van der Waals surface area contributed by atoms with Crippen LogP contribution in [-0.4, -0.2) is 15.0 Å². The summed E-state index contributed by atoms with van der Waals surface area (Å²) in [5.74, 6) is 1.09. The topological polar surface area (TPSA) is 56.7 Å². The number of nitrogen functional groups attached to an aromatic ring is 1. The van der Waals surface area contributed by atoms with Gasteiger partial charge < -0.3 is 5.73 Å². The van der Waals surface area contributed by atoms with Crippen LogP contribution in [0.2, 0.25) is 0 Å². The second-order valence-corrected chi connectivity index (χ2v) is 5.04. The van der Waals surface area contributed by atoms with Crippen molar-refractivity contribution >= 4 is 16.6 Å². The molecule has 0 spiro atoms. The Kier molecular flexibility index (Phi) is 2.12. The monoisotopic (exact) mass is 250 g/mol. The maximum Gasteiger partial charge on any atom is 0.169 e. The second kappa shape index (κ2) is 3.82. The maximum atomic E-state index is 5.97. The third-order valence-corrected chi connectivity index (χ3v) is 3.69. The molecule has 19 heavy (non-hydrogen) atoms. The van der Waals surface area contributed by atoms with Gasteiger partial charge in [-0.25, -0.2) is 4.68 Å². The molecule has 0 saturated heterocycles. The number of anilines is 1. The Morgan fingerprint density at radius 1 is 1.05 bits per heavy atom. The molecule has 0 bridgehead atoms. The van der Waals surface area contributed by atoms with Crippen LogP contribution in [0.15, 0.2) is 42.5 Å². The lowest BCUT2D eigenvalue weighted by Crippen LogP contribution is -2.03. The van der Waals surface area contributed by atoms with Gasteiger partial charge in [0, 0.05) is 11.3 Å². The van der Waals surface area contributed by atoms with Crippen molar-refractivity contribution in [3.05, 3.63) is 48.2 Å². The van der Waals surface area contributed by atoms with Crippen molar-refractivity contribution in [2.24, 2.45) is 0 Å². The van der Waals surface area contributed by atoms with Crippen molar-refractivity contribution in [1.29, 1.82) is 0 Å². The first-order valence-electron chi connectivity index (χ1n) is 6.54.